The van der Waals surface area contributed by atoms with Crippen LogP contribution in [0.15, 0.2) is 24.3 Å². The molecule has 1 aromatic carbocycles. The number of halogens is 2. The van der Waals surface area contributed by atoms with Gasteiger partial charge in [-0.2, -0.15) is 8.78 Å². The van der Waals surface area contributed by atoms with E-state index in [1.165, 1.54) is 24.3 Å². The van der Waals surface area contributed by atoms with E-state index in [1.54, 1.807) is 0 Å². The molecule has 0 saturated carbocycles. The van der Waals surface area contributed by atoms with Gasteiger partial charge >= 0.3 is 12.6 Å². The van der Waals surface area contributed by atoms with Crippen molar-refractivity contribution >= 4 is 11.7 Å². The summed E-state index contributed by atoms with van der Waals surface area (Å²) in [6.45, 7) is 2.10. The Morgan fingerprint density at radius 1 is 1.24 bits per heavy atom. The number of alkyl halides is 2. The number of urea groups is 1. The zero-order chi connectivity index (χ0) is 15.7. The van der Waals surface area contributed by atoms with Crippen molar-refractivity contribution in [1.29, 1.82) is 0 Å². The van der Waals surface area contributed by atoms with Crippen LogP contribution < -0.4 is 15.4 Å². The molecule has 0 aliphatic carbocycles. The number of nitrogens with one attached hydrogen (secondary N) is 2. The summed E-state index contributed by atoms with van der Waals surface area (Å²) in [5, 5.41) is 5.26. The first-order valence-corrected chi connectivity index (χ1v) is 6.68. The smallest absolute Gasteiger partial charge is 0.387 e. The summed E-state index contributed by atoms with van der Waals surface area (Å²) in [6, 6.07) is 5.33. The third-order valence-electron chi connectivity index (χ3n) is 2.40. The van der Waals surface area contributed by atoms with E-state index in [-0.39, 0.29) is 17.9 Å². The Morgan fingerprint density at radius 2 is 1.90 bits per heavy atom. The standard InChI is InChI=1S/C14H20F2N2O3/c1-10(2)20-9-3-8-17-14(19)18-11-4-6-12(7-5-11)21-13(15)16/h4-7,10,13H,3,8-9H2,1-2H3,(H2,17,18,19). The molecule has 0 atom stereocenters. The van der Waals surface area contributed by atoms with E-state index in [2.05, 4.69) is 15.4 Å². The van der Waals surface area contributed by atoms with Gasteiger partial charge in [0.2, 0.25) is 0 Å². The second kappa shape index (κ2) is 9.12. The largest absolute Gasteiger partial charge is 0.435 e. The number of carbonyl (C=O) groups excluding carboxylic acids is 1. The van der Waals surface area contributed by atoms with Gasteiger partial charge in [-0.15, -0.1) is 0 Å². The first kappa shape index (κ1) is 17.2. The van der Waals surface area contributed by atoms with Gasteiger partial charge in [0.1, 0.15) is 5.75 Å². The second-order valence-corrected chi connectivity index (χ2v) is 4.56. The average Bonchev–Trinajstić information content (AvgIpc) is 2.39. The van der Waals surface area contributed by atoms with Crippen LogP contribution in [-0.2, 0) is 4.74 Å². The van der Waals surface area contributed by atoms with E-state index >= 15 is 0 Å². The molecule has 0 radical (unpaired) electrons. The van der Waals surface area contributed by atoms with E-state index in [0.717, 1.165) is 0 Å². The summed E-state index contributed by atoms with van der Waals surface area (Å²) < 4.78 is 33.5. The highest BCUT2D eigenvalue weighted by atomic mass is 19.3. The first-order chi connectivity index (χ1) is 9.97. The Balaban J connectivity index is 2.25. The molecule has 0 aliphatic rings. The van der Waals surface area contributed by atoms with E-state index < -0.39 is 6.61 Å². The van der Waals surface area contributed by atoms with Crippen LogP contribution in [0.25, 0.3) is 0 Å². The highest BCUT2D eigenvalue weighted by Gasteiger charge is 2.05. The molecule has 0 unspecified atom stereocenters. The van der Waals surface area contributed by atoms with Crippen LogP contribution in [-0.4, -0.2) is 31.9 Å². The van der Waals surface area contributed by atoms with Crippen molar-refractivity contribution in [2.45, 2.75) is 33.0 Å². The monoisotopic (exact) mass is 302 g/mol. The maximum Gasteiger partial charge on any atom is 0.387 e. The zero-order valence-corrected chi connectivity index (χ0v) is 12.1. The Hall–Kier alpha value is -1.89. The highest BCUT2D eigenvalue weighted by Crippen LogP contribution is 2.17. The molecule has 0 fully saturated rings. The van der Waals surface area contributed by atoms with Crippen LogP contribution in [0.4, 0.5) is 19.3 Å². The number of carbonyl (C=O) groups is 1. The molecular formula is C14H20F2N2O3. The molecule has 7 heteroatoms. The molecule has 0 spiro atoms. The topological polar surface area (TPSA) is 59.6 Å². The van der Waals surface area contributed by atoms with Crippen LogP contribution in [0, 0.1) is 0 Å². The normalized spacial score (nSPS) is 10.8. The highest BCUT2D eigenvalue weighted by molar-refractivity contribution is 5.89. The van der Waals surface area contributed by atoms with Gasteiger partial charge in [0, 0.05) is 18.8 Å². The van der Waals surface area contributed by atoms with E-state index in [9.17, 15) is 13.6 Å². The minimum absolute atomic E-state index is 0.0433. The van der Waals surface area contributed by atoms with Gasteiger partial charge in [-0.05, 0) is 44.5 Å². The molecule has 2 amide bonds. The SMILES string of the molecule is CC(C)OCCCNC(=O)Nc1ccc(OC(F)F)cc1. The van der Waals surface area contributed by atoms with Crippen LogP contribution in [0.5, 0.6) is 5.75 Å². The maximum absolute atomic E-state index is 12.0. The van der Waals surface area contributed by atoms with Gasteiger partial charge in [0.25, 0.3) is 0 Å². The van der Waals surface area contributed by atoms with E-state index in [0.29, 0.717) is 25.3 Å². The van der Waals surface area contributed by atoms with Crippen molar-refractivity contribution in [3.8, 4) is 5.75 Å². The van der Waals surface area contributed by atoms with Crippen LogP contribution in [0.1, 0.15) is 20.3 Å². The van der Waals surface area contributed by atoms with Crippen LogP contribution in [0.2, 0.25) is 0 Å². The fourth-order valence-corrected chi connectivity index (χ4v) is 1.49. The molecule has 1 rings (SSSR count). The number of hydrogen-bond donors (Lipinski definition) is 2. The number of amides is 2. The predicted octanol–water partition coefficient (Wildman–Crippen LogP) is 3.22. The van der Waals surface area contributed by atoms with E-state index in [1.807, 2.05) is 13.8 Å². The summed E-state index contributed by atoms with van der Waals surface area (Å²) >= 11 is 0. The zero-order valence-electron chi connectivity index (χ0n) is 12.1. The van der Waals surface area contributed by atoms with Crippen LogP contribution >= 0.6 is 0 Å². The molecule has 0 saturated heterocycles. The number of hydrogen-bond acceptors (Lipinski definition) is 3. The fraction of sp³-hybridized carbons (Fsp3) is 0.500. The number of anilines is 1. The lowest BCUT2D eigenvalue weighted by molar-refractivity contribution is -0.0498. The Bertz CT molecular complexity index is 425. The fourth-order valence-electron chi connectivity index (χ4n) is 1.49. The lowest BCUT2D eigenvalue weighted by atomic mass is 10.3. The minimum Gasteiger partial charge on any atom is -0.435 e. The molecule has 0 bridgehead atoms. The van der Waals surface area contributed by atoms with Crippen molar-refractivity contribution in [3.05, 3.63) is 24.3 Å². The molecule has 5 nitrogen and oxygen atoms in total. The lowest BCUT2D eigenvalue weighted by Crippen LogP contribution is -2.30. The summed E-state index contributed by atoms with van der Waals surface area (Å²) in [6.07, 6.45) is 0.889. The third kappa shape index (κ3) is 8.09. The second-order valence-electron chi connectivity index (χ2n) is 4.56. The molecule has 0 aliphatic heterocycles. The van der Waals surface area contributed by atoms with Crippen molar-refractivity contribution in [2.75, 3.05) is 18.5 Å². The van der Waals surface area contributed by atoms with Crippen molar-refractivity contribution in [2.24, 2.45) is 0 Å². The van der Waals surface area contributed by atoms with Crippen molar-refractivity contribution in [1.82, 2.24) is 5.32 Å². The summed E-state index contributed by atoms with van der Waals surface area (Å²) in [4.78, 5) is 11.6. The molecule has 0 heterocycles. The maximum atomic E-state index is 12.0. The van der Waals surface area contributed by atoms with E-state index in [4.69, 9.17) is 4.74 Å². The van der Waals surface area contributed by atoms with Crippen molar-refractivity contribution in [3.63, 3.8) is 0 Å². The Kier molecular flexibility index (Phi) is 7.45. The summed E-state index contributed by atoms with van der Waals surface area (Å²) in [5.41, 5.74) is 0.493. The number of ether oxygens (including phenoxy) is 2. The van der Waals surface area contributed by atoms with Crippen LogP contribution in [0.3, 0.4) is 0 Å². The van der Waals surface area contributed by atoms with Gasteiger partial charge in [-0.25, -0.2) is 4.79 Å². The Labute approximate surface area is 122 Å². The van der Waals surface area contributed by atoms with Gasteiger partial charge in [0.05, 0.1) is 6.10 Å². The van der Waals surface area contributed by atoms with Gasteiger partial charge in [0.15, 0.2) is 0 Å². The molecule has 118 valence electrons. The molecule has 21 heavy (non-hydrogen) atoms. The quantitative estimate of drug-likeness (QED) is 0.725. The number of benzene rings is 1. The van der Waals surface area contributed by atoms with Gasteiger partial charge < -0.3 is 20.1 Å². The van der Waals surface area contributed by atoms with Gasteiger partial charge in [-0.3, -0.25) is 0 Å². The first-order valence-electron chi connectivity index (χ1n) is 6.68. The molecule has 2 N–H and O–H groups in total. The number of rotatable bonds is 8. The van der Waals surface area contributed by atoms with Crippen molar-refractivity contribution < 1.29 is 23.0 Å². The summed E-state index contributed by atoms with van der Waals surface area (Å²) in [5.74, 6) is 0.0433. The van der Waals surface area contributed by atoms with Gasteiger partial charge in [-0.1, -0.05) is 0 Å². The Morgan fingerprint density at radius 3 is 2.48 bits per heavy atom. The molecule has 0 aromatic heterocycles. The molecular weight excluding hydrogens is 282 g/mol. The lowest BCUT2D eigenvalue weighted by Gasteiger charge is -2.10. The minimum atomic E-state index is -2.86. The average molecular weight is 302 g/mol. The summed E-state index contributed by atoms with van der Waals surface area (Å²) in [7, 11) is 0. The molecule has 1 aromatic rings. The predicted molar refractivity (Wildman–Crippen MR) is 75.8 cm³/mol. The third-order valence-corrected chi connectivity index (χ3v) is 2.40.